The van der Waals surface area contributed by atoms with Crippen LogP contribution in [0.5, 0.6) is 0 Å². The Hall–Kier alpha value is -0.910. The molecule has 1 aromatic rings. The molecule has 2 rings (SSSR count). The van der Waals surface area contributed by atoms with Gasteiger partial charge in [-0.05, 0) is 43.9 Å². The number of amides is 1. The molecule has 20 heavy (non-hydrogen) atoms. The normalized spacial score (nSPS) is 22.5. The van der Waals surface area contributed by atoms with E-state index in [0.717, 1.165) is 30.2 Å². The van der Waals surface area contributed by atoms with Crippen molar-refractivity contribution in [1.82, 2.24) is 5.32 Å². The molecule has 1 aliphatic rings. The van der Waals surface area contributed by atoms with E-state index in [9.17, 15) is 4.79 Å². The molecule has 1 fully saturated rings. The number of hydrogen-bond donors (Lipinski definition) is 2. The highest BCUT2D eigenvalue weighted by molar-refractivity contribution is 9.10. The van der Waals surface area contributed by atoms with Crippen LogP contribution in [0.15, 0.2) is 28.7 Å². The van der Waals surface area contributed by atoms with Gasteiger partial charge in [0.15, 0.2) is 0 Å². The molecular weight excluding hydrogens is 320 g/mol. The molecule has 0 spiro atoms. The second kappa shape index (κ2) is 7.76. The van der Waals surface area contributed by atoms with Crippen LogP contribution in [0.25, 0.3) is 0 Å². The number of ether oxygens (including phenoxy) is 1. The van der Waals surface area contributed by atoms with Crippen LogP contribution in [0, 0.1) is 0 Å². The van der Waals surface area contributed by atoms with E-state index in [1.54, 1.807) is 12.1 Å². The third-order valence-electron chi connectivity index (χ3n) is 3.55. The second-order valence-electron chi connectivity index (χ2n) is 5.17. The molecule has 3 N–H and O–H groups in total. The van der Waals surface area contributed by atoms with E-state index in [2.05, 4.69) is 21.2 Å². The van der Waals surface area contributed by atoms with Crippen molar-refractivity contribution in [3.05, 3.63) is 34.3 Å². The van der Waals surface area contributed by atoms with E-state index in [0.29, 0.717) is 30.9 Å². The van der Waals surface area contributed by atoms with Gasteiger partial charge in [0.2, 0.25) is 0 Å². The average molecular weight is 341 g/mol. The summed E-state index contributed by atoms with van der Waals surface area (Å²) in [6.45, 7) is 1.09. The van der Waals surface area contributed by atoms with Gasteiger partial charge in [-0.3, -0.25) is 4.79 Å². The minimum Gasteiger partial charge on any atom is -0.376 e. The summed E-state index contributed by atoms with van der Waals surface area (Å²) in [5.74, 6) is -0.0689. The zero-order valence-corrected chi connectivity index (χ0v) is 13.1. The largest absolute Gasteiger partial charge is 0.376 e. The van der Waals surface area contributed by atoms with Crippen LogP contribution >= 0.6 is 15.9 Å². The van der Waals surface area contributed by atoms with Gasteiger partial charge in [-0.2, -0.15) is 0 Å². The monoisotopic (exact) mass is 340 g/mol. The van der Waals surface area contributed by atoms with Crippen molar-refractivity contribution in [3.63, 3.8) is 0 Å². The predicted octanol–water partition coefficient (Wildman–Crippen LogP) is 2.47. The van der Waals surface area contributed by atoms with Crippen molar-refractivity contribution < 1.29 is 9.53 Å². The lowest BCUT2D eigenvalue weighted by Gasteiger charge is -2.26. The number of nitrogens with two attached hydrogens (primary N) is 1. The number of nitrogens with one attached hydrogen (secondary N) is 1. The first kappa shape index (κ1) is 15.5. The molecule has 1 aromatic carbocycles. The van der Waals surface area contributed by atoms with E-state index in [1.165, 1.54) is 0 Å². The molecule has 0 heterocycles. The fourth-order valence-electron chi connectivity index (χ4n) is 2.38. The maximum Gasteiger partial charge on any atom is 0.251 e. The number of benzene rings is 1. The Kier molecular flexibility index (Phi) is 6.01. The minimum absolute atomic E-state index is 0.0689. The Balaban J connectivity index is 1.64. The van der Waals surface area contributed by atoms with Crippen molar-refractivity contribution in [2.24, 2.45) is 5.73 Å². The predicted molar refractivity (Wildman–Crippen MR) is 82.7 cm³/mol. The standard InChI is InChI=1S/C15H21BrN2O2/c16-12-3-1-2-11(10-12)15(19)18-8-9-20-14-6-4-13(17)5-7-14/h1-3,10,13-14H,4-9,17H2,(H,18,19). The molecule has 1 amide bonds. The molecule has 0 saturated heterocycles. The van der Waals surface area contributed by atoms with Gasteiger partial charge < -0.3 is 15.8 Å². The molecule has 1 aliphatic carbocycles. The molecule has 1 saturated carbocycles. The Morgan fingerprint density at radius 1 is 1.35 bits per heavy atom. The van der Waals surface area contributed by atoms with Gasteiger partial charge in [-0.15, -0.1) is 0 Å². The molecule has 0 aromatic heterocycles. The zero-order valence-electron chi connectivity index (χ0n) is 11.5. The molecule has 0 atom stereocenters. The lowest BCUT2D eigenvalue weighted by Crippen LogP contribution is -2.33. The molecule has 0 unspecified atom stereocenters. The summed E-state index contributed by atoms with van der Waals surface area (Å²) in [7, 11) is 0. The Labute approximate surface area is 128 Å². The molecule has 5 heteroatoms. The third kappa shape index (κ3) is 4.89. The summed E-state index contributed by atoms with van der Waals surface area (Å²) in [5.41, 5.74) is 6.51. The first-order valence-electron chi connectivity index (χ1n) is 7.06. The van der Waals surface area contributed by atoms with E-state index < -0.39 is 0 Å². The van der Waals surface area contributed by atoms with E-state index in [4.69, 9.17) is 10.5 Å². The Morgan fingerprint density at radius 3 is 2.80 bits per heavy atom. The van der Waals surface area contributed by atoms with Crippen LogP contribution in [-0.4, -0.2) is 31.2 Å². The number of halogens is 1. The van der Waals surface area contributed by atoms with Crippen LogP contribution in [0.1, 0.15) is 36.0 Å². The summed E-state index contributed by atoms with van der Waals surface area (Å²) in [6.07, 6.45) is 4.43. The second-order valence-corrected chi connectivity index (χ2v) is 6.09. The maximum absolute atomic E-state index is 11.9. The topological polar surface area (TPSA) is 64.3 Å². The summed E-state index contributed by atoms with van der Waals surface area (Å²) in [4.78, 5) is 11.9. The van der Waals surface area contributed by atoms with Crippen LogP contribution in [0.2, 0.25) is 0 Å². The van der Waals surface area contributed by atoms with Crippen LogP contribution in [0.3, 0.4) is 0 Å². The number of carbonyl (C=O) groups is 1. The fraction of sp³-hybridized carbons (Fsp3) is 0.533. The third-order valence-corrected chi connectivity index (χ3v) is 4.04. The van der Waals surface area contributed by atoms with Crippen LogP contribution in [0.4, 0.5) is 0 Å². The maximum atomic E-state index is 11.9. The summed E-state index contributed by atoms with van der Waals surface area (Å²) < 4.78 is 6.66. The fourth-order valence-corrected chi connectivity index (χ4v) is 2.78. The van der Waals surface area contributed by atoms with Gasteiger partial charge in [0.1, 0.15) is 0 Å². The van der Waals surface area contributed by atoms with Gasteiger partial charge in [-0.1, -0.05) is 22.0 Å². The first-order valence-corrected chi connectivity index (χ1v) is 7.85. The molecule has 110 valence electrons. The van der Waals surface area contributed by atoms with E-state index in [1.807, 2.05) is 12.1 Å². The Bertz CT molecular complexity index is 445. The van der Waals surface area contributed by atoms with Crippen molar-refractivity contribution in [1.29, 1.82) is 0 Å². The SMILES string of the molecule is NC1CCC(OCCNC(=O)c2cccc(Br)c2)CC1. The van der Waals surface area contributed by atoms with Gasteiger partial charge in [0.05, 0.1) is 12.7 Å². The molecule has 0 bridgehead atoms. The number of carbonyl (C=O) groups excluding carboxylic acids is 1. The smallest absolute Gasteiger partial charge is 0.251 e. The molecule has 0 aliphatic heterocycles. The highest BCUT2D eigenvalue weighted by atomic mass is 79.9. The van der Waals surface area contributed by atoms with Crippen molar-refractivity contribution in [3.8, 4) is 0 Å². The molecule has 0 radical (unpaired) electrons. The highest BCUT2D eigenvalue weighted by Gasteiger charge is 2.18. The summed E-state index contributed by atoms with van der Waals surface area (Å²) in [5, 5.41) is 2.87. The van der Waals surface area contributed by atoms with Crippen molar-refractivity contribution in [2.45, 2.75) is 37.8 Å². The van der Waals surface area contributed by atoms with Crippen LogP contribution < -0.4 is 11.1 Å². The van der Waals surface area contributed by atoms with E-state index in [-0.39, 0.29) is 5.91 Å². The van der Waals surface area contributed by atoms with Gasteiger partial charge >= 0.3 is 0 Å². The van der Waals surface area contributed by atoms with E-state index >= 15 is 0 Å². The number of rotatable bonds is 5. The lowest BCUT2D eigenvalue weighted by atomic mass is 9.94. The first-order chi connectivity index (χ1) is 9.65. The van der Waals surface area contributed by atoms with Gasteiger partial charge in [0, 0.05) is 22.6 Å². The molecular formula is C15H21BrN2O2. The lowest BCUT2D eigenvalue weighted by molar-refractivity contribution is 0.0267. The molecule has 4 nitrogen and oxygen atoms in total. The minimum atomic E-state index is -0.0689. The average Bonchev–Trinajstić information content (AvgIpc) is 2.45. The van der Waals surface area contributed by atoms with Gasteiger partial charge in [-0.25, -0.2) is 0 Å². The highest BCUT2D eigenvalue weighted by Crippen LogP contribution is 2.19. The quantitative estimate of drug-likeness (QED) is 0.809. The van der Waals surface area contributed by atoms with Crippen molar-refractivity contribution in [2.75, 3.05) is 13.2 Å². The Morgan fingerprint density at radius 2 is 2.10 bits per heavy atom. The zero-order chi connectivity index (χ0) is 14.4. The van der Waals surface area contributed by atoms with Crippen LogP contribution in [-0.2, 0) is 4.74 Å². The van der Waals surface area contributed by atoms with Gasteiger partial charge in [0.25, 0.3) is 5.91 Å². The summed E-state index contributed by atoms with van der Waals surface area (Å²) >= 11 is 3.35. The van der Waals surface area contributed by atoms with Crippen molar-refractivity contribution >= 4 is 21.8 Å². The number of hydrogen-bond acceptors (Lipinski definition) is 3. The summed E-state index contributed by atoms with van der Waals surface area (Å²) in [6, 6.07) is 7.68.